The largest absolute Gasteiger partial charge is 0.469 e. The zero-order chi connectivity index (χ0) is 16.3. The van der Waals surface area contributed by atoms with E-state index in [1.54, 1.807) is 0 Å². The topological polar surface area (TPSA) is 26.3 Å². The van der Waals surface area contributed by atoms with Crippen molar-refractivity contribution in [2.75, 3.05) is 7.11 Å². The molecule has 2 heteroatoms. The number of esters is 1. The van der Waals surface area contributed by atoms with E-state index >= 15 is 0 Å². The first-order chi connectivity index (χ1) is 11.8. The molecule has 0 bridgehead atoms. The summed E-state index contributed by atoms with van der Waals surface area (Å²) in [5.74, 6) is 5.20. The molecule has 0 aromatic heterocycles. The highest BCUT2D eigenvalue weighted by atomic mass is 16.5. The van der Waals surface area contributed by atoms with Crippen molar-refractivity contribution in [1.82, 2.24) is 0 Å². The van der Waals surface area contributed by atoms with Crippen molar-refractivity contribution in [3.63, 3.8) is 0 Å². The Morgan fingerprint density at radius 3 is 2.62 bits per heavy atom. The van der Waals surface area contributed by atoms with Gasteiger partial charge in [0.05, 0.1) is 7.11 Å². The van der Waals surface area contributed by atoms with Crippen LogP contribution in [0.1, 0.15) is 24.3 Å². The molecule has 4 aliphatic rings. The SMILES string of the molecule is COC(=O)C[C@@H]1[C@H]2C=C[C@@H]3[C@@H]4[C@H]2[C@H]1C[C@H]4C=C[C@H]3c1ccccc1. The molecule has 0 unspecified atom stereocenters. The van der Waals surface area contributed by atoms with Gasteiger partial charge in [-0.2, -0.15) is 0 Å². The zero-order valence-corrected chi connectivity index (χ0v) is 14.0. The third-order valence-corrected chi connectivity index (χ3v) is 7.26. The van der Waals surface area contributed by atoms with Crippen LogP contribution in [-0.4, -0.2) is 13.1 Å². The number of rotatable bonds is 3. The molecule has 0 amide bonds. The molecule has 0 spiro atoms. The fourth-order valence-electron chi connectivity index (χ4n) is 6.35. The second-order valence-corrected chi connectivity index (χ2v) is 8.02. The van der Waals surface area contributed by atoms with Gasteiger partial charge in [0.15, 0.2) is 0 Å². The third kappa shape index (κ3) is 1.92. The van der Waals surface area contributed by atoms with Crippen molar-refractivity contribution in [2.24, 2.45) is 41.4 Å². The van der Waals surface area contributed by atoms with Crippen LogP contribution in [0, 0.1) is 41.4 Å². The summed E-state index contributed by atoms with van der Waals surface area (Å²) < 4.78 is 4.93. The maximum atomic E-state index is 11.8. The fraction of sp³-hybridized carbons (Fsp3) is 0.500. The highest BCUT2D eigenvalue weighted by Crippen LogP contribution is 2.67. The normalized spacial score (nSPS) is 43.9. The number of hydrogen-bond donors (Lipinski definition) is 0. The Hall–Kier alpha value is -1.83. The molecule has 2 saturated carbocycles. The highest BCUT2D eigenvalue weighted by Gasteiger charge is 2.62. The van der Waals surface area contributed by atoms with E-state index in [1.807, 2.05) is 0 Å². The predicted octanol–water partition coefficient (Wildman–Crippen LogP) is 4.20. The smallest absolute Gasteiger partial charge is 0.305 e. The van der Waals surface area contributed by atoms with E-state index in [1.165, 1.54) is 19.1 Å². The Balaban J connectivity index is 1.46. The third-order valence-electron chi connectivity index (χ3n) is 7.26. The lowest BCUT2D eigenvalue weighted by Gasteiger charge is -2.54. The Morgan fingerprint density at radius 2 is 1.83 bits per heavy atom. The molecule has 5 rings (SSSR count). The van der Waals surface area contributed by atoms with E-state index in [4.69, 9.17) is 4.74 Å². The average molecular weight is 320 g/mol. The van der Waals surface area contributed by atoms with Gasteiger partial charge in [0.2, 0.25) is 0 Å². The number of carbonyl (C=O) groups excluding carboxylic acids is 1. The van der Waals surface area contributed by atoms with E-state index in [-0.39, 0.29) is 5.97 Å². The van der Waals surface area contributed by atoms with Crippen LogP contribution in [0.2, 0.25) is 0 Å². The van der Waals surface area contributed by atoms with Gasteiger partial charge in [-0.05, 0) is 53.4 Å². The first-order valence-electron chi connectivity index (χ1n) is 9.26. The van der Waals surface area contributed by atoms with Gasteiger partial charge in [-0.3, -0.25) is 4.79 Å². The molecule has 0 saturated heterocycles. The molecule has 1 aromatic rings. The number of allylic oxidation sites excluding steroid dienone is 4. The summed E-state index contributed by atoms with van der Waals surface area (Å²) in [6, 6.07) is 10.9. The van der Waals surface area contributed by atoms with Gasteiger partial charge in [-0.1, -0.05) is 54.6 Å². The van der Waals surface area contributed by atoms with Crippen LogP contribution in [0.3, 0.4) is 0 Å². The number of carbonyl (C=O) groups is 1. The van der Waals surface area contributed by atoms with Crippen LogP contribution >= 0.6 is 0 Å². The van der Waals surface area contributed by atoms with Gasteiger partial charge in [-0.15, -0.1) is 0 Å². The summed E-state index contributed by atoms with van der Waals surface area (Å²) in [5, 5.41) is 0. The van der Waals surface area contributed by atoms with Crippen molar-refractivity contribution >= 4 is 5.97 Å². The second kappa shape index (κ2) is 5.34. The van der Waals surface area contributed by atoms with Gasteiger partial charge in [0.1, 0.15) is 0 Å². The van der Waals surface area contributed by atoms with Gasteiger partial charge in [0, 0.05) is 12.3 Å². The van der Waals surface area contributed by atoms with E-state index in [0.717, 1.165) is 17.8 Å². The monoisotopic (exact) mass is 320 g/mol. The first kappa shape index (κ1) is 14.5. The maximum Gasteiger partial charge on any atom is 0.305 e. The zero-order valence-electron chi connectivity index (χ0n) is 14.0. The van der Waals surface area contributed by atoms with Crippen molar-refractivity contribution in [3.05, 3.63) is 60.2 Å². The maximum absolute atomic E-state index is 11.8. The van der Waals surface area contributed by atoms with Crippen molar-refractivity contribution in [2.45, 2.75) is 18.8 Å². The highest BCUT2D eigenvalue weighted by molar-refractivity contribution is 5.70. The Bertz CT molecular complexity index is 704. The van der Waals surface area contributed by atoms with E-state index in [0.29, 0.717) is 36.0 Å². The molecule has 0 heterocycles. The van der Waals surface area contributed by atoms with Crippen LogP contribution < -0.4 is 0 Å². The minimum Gasteiger partial charge on any atom is -0.469 e. The quantitative estimate of drug-likeness (QED) is 0.616. The van der Waals surface area contributed by atoms with E-state index in [2.05, 4.69) is 54.6 Å². The first-order valence-corrected chi connectivity index (χ1v) is 9.26. The lowest BCUT2D eigenvalue weighted by molar-refractivity contribution is -0.146. The predicted molar refractivity (Wildman–Crippen MR) is 93.1 cm³/mol. The summed E-state index contributed by atoms with van der Waals surface area (Å²) >= 11 is 0. The molecule has 8 atom stereocenters. The Labute approximate surface area is 143 Å². The van der Waals surface area contributed by atoms with Crippen LogP contribution in [0.5, 0.6) is 0 Å². The van der Waals surface area contributed by atoms with Gasteiger partial charge in [-0.25, -0.2) is 0 Å². The minimum absolute atomic E-state index is 0.0402. The lowest BCUT2D eigenvalue weighted by Crippen LogP contribution is -2.50. The molecule has 4 aliphatic carbocycles. The Morgan fingerprint density at radius 1 is 1.04 bits per heavy atom. The standard InChI is InChI=1S/C22H24O2/c1-24-20(23)12-18-17-10-9-16-15(13-5-3-2-4-6-13)8-7-14-11-19(18)22(17)21(14)16/h2-10,14-19,21-22H,11-12H2,1H3/t14-,15+,16+,17-,18-,19+,21-,22-/m1/s1. The average Bonchev–Trinajstić information content (AvgIpc) is 2.98. The molecule has 0 N–H and O–H groups in total. The van der Waals surface area contributed by atoms with Gasteiger partial charge < -0.3 is 4.74 Å². The molecule has 1 aromatic carbocycles. The van der Waals surface area contributed by atoms with Gasteiger partial charge >= 0.3 is 5.97 Å². The van der Waals surface area contributed by atoms with E-state index in [9.17, 15) is 4.79 Å². The lowest BCUT2D eigenvalue weighted by atomic mass is 9.50. The molecular weight excluding hydrogens is 296 g/mol. The minimum atomic E-state index is -0.0402. The summed E-state index contributed by atoms with van der Waals surface area (Å²) in [4.78, 5) is 11.8. The number of benzene rings is 1. The molecule has 24 heavy (non-hydrogen) atoms. The van der Waals surface area contributed by atoms with Crippen molar-refractivity contribution < 1.29 is 9.53 Å². The molecule has 124 valence electrons. The van der Waals surface area contributed by atoms with Crippen molar-refractivity contribution in [3.8, 4) is 0 Å². The number of hydrogen-bond acceptors (Lipinski definition) is 2. The Kier molecular flexibility index (Phi) is 3.23. The molecule has 2 fully saturated rings. The van der Waals surface area contributed by atoms with Crippen molar-refractivity contribution in [1.29, 1.82) is 0 Å². The van der Waals surface area contributed by atoms with Crippen LogP contribution in [-0.2, 0) is 9.53 Å². The summed E-state index contributed by atoms with van der Waals surface area (Å²) in [7, 11) is 1.51. The number of methoxy groups -OCH3 is 1. The summed E-state index contributed by atoms with van der Waals surface area (Å²) in [6.07, 6.45) is 11.7. The number of ether oxygens (including phenoxy) is 1. The summed E-state index contributed by atoms with van der Waals surface area (Å²) in [6.45, 7) is 0. The van der Waals surface area contributed by atoms with E-state index < -0.39 is 0 Å². The fourth-order valence-corrected chi connectivity index (χ4v) is 6.35. The molecule has 0 aliphatic heterocycles. The van der Waals surface area contributed by atoms with Gasteiger partial charge in [0.25, 0.3) is 0 Å². The second-order valence-electron chi connectivity index (χ2n) is 8.02. The van der Waals surface area contributed by atoms with Crippen LogP contribution in [0.4, 0.5) is 0 Å². The van der Waals surface area contributed by atoms with Crippen LogP contribution in [0.15, 0.2) is 54.6 Å². The molecule has 2 nitrogen and oxygen atoms in total. The molecule has 0 radical (unpaired) electrons. The molecular formula is C22H24O2. The summed E-state index contributed by atoms with van der Waals surface area (Å²) in [5.41, 5.74) is 1.44. The van der Waals surface area contributed by atoms with Crippen LogP contribution in [0.25, 0.3) is 0 Å².